The Morgan fingerprint density at radius 2 is 1.77 bits per heavy atom. The van der Waals surface area contributed by atoms with Crippen LogP contribution in [0.1, 0.15) is 31.2 Å². The van der Waals surface area contributed by atoms with Gasteiger partial charge >= 0.3 is 12.7 Å². The second kappa shape index (κ2) is 12.2. The predicted molar refractivity (Wildman–Crippen MR) is 139 cm³/mol. The van der Waals surface area contributed by atoms with Gasteiger partial charge in [-0.3, -0.25) is 0 Å². The third kappa shape index (κ3) is 6.53. The molecule has 3 aliphatic rings. The van der Waals surface area contributed by atoms with Crippen molar-refractivity contribution in [3.63, 3.8) is 0 Å². The summed E-state index contributed by atoms with van der Waals surface area (Å²) in [4.78, 5) is 15.2. The number of rotatable bonds is 9. The van der Waals surface area contributed by atoms with Gasteiger partial charge in [-0.25, -0.2) is 13.2 Å². The van der Waals surface area contributed by atoms with Gasteiger partial charge in [0.25, 0.3) is 0 Å². The van der Waals surface area contributed by atoms with E-state index < -0.39 is 21.8 Å². The fraction of sp³-hybridized carbons (Fsp3) is 0.536. The molecule has 8 nitrogen and oxygen atoms in total. The number of hydrogen-bond donors (Lipinski definition) is 1. The molecule has 0 unspecified atom stereocenters. The Kier molecular flexibility index (Phi) is 8.68. The highest BCUT2D eigenvalue weighted by Gasteiger charge is 2.51. The van der Waals surface area contributed by atoms with Gasteiger partial charge < -0.3 is 24.4 Å². The van der Waals surface area contributed by atoms with Crippen LogP contribution in [0.15, 0.2) is 59.5 Å². The number of carbonyl (C=O) groups excluding carboxylic acids is 1. The predicted octanol–water partition coefficient (Wildman–Crippen LogP) is 4.45. The van der Waals surface area contributed by atoms with Crippen molar-refractivity contribution in [2.75, 3.05) is 26.3 Å². The maximum Gasteiger partial charge on any atom is 0.410 e. The van der Waals surface area contributed by atoms with Crippen molar-refractivity contribution in [3.8, 4) is 5.75 Å². The number of alkyl halides is 2. The van der Waals surface area contributed by atoms with E-state index in [1.807, 2.05) is 35.2 Å². The summed E-state index contributed by atoms with van der Waals surface area (Å²) >= 11 is 0. The molecule has 2 saturated heterocycles. The molecule has 4 atom stereocenters. The molecule has 1 amide bonds. The molecule has 2 aromatic carbocycles. The first-order chi connectivity index (χ1) is 18.8. The first-order valence-electron chi connectivity index (χ1n) is 13.4. The van der Waals surface area contributed by atoms with Gasteiger partial charge in [-0.05, 0) is 79.8 Å². The van der Waals surface area contributed by atoms with Gasteiger partial charge in [-0.2, -0.15) is 8.78 Å². The van der Waals surface area contributed by atoms with Gasteiger partial charge in [0.05, 0.1) is 4.90 Å². The lowest BCUT2D eigenvalue weighted by molar-refractivity contribution is -0.0498. The van der Waals surface area contributed by atoms with E-state index in [0.717, 1.165) is 18.4 Å². The number of amides is 1. The molecule has 1 saturated carbocycles. The average molecular weight is 565 g/mol. The van der Waals surface area contributed by atoms with Crippen LogP contribution >= 0.6 is 0 Å². The quantitative estimate of drug-likeness (QED) is 0.481. The molecule has 0 bridgehead atoms. The molecule has 0 aromatic heterocycles. The van der Waals surface area contributed by atoms with E-state index in [-0.39, 0.29) is 41.2 Å². The second-order valence-corrected chi connectivity index (χ2v) is 12.6. The molecule has 11 heteroatoms. The van der Waals surface area contributed by atoms with E-state index in [1.165, 1.54) is 24.3 Å². The van der Waals surface area contributed by atoms with Gasteiger partial charge in [-0.1, -0.05) is 30.3 Å². The number of benzene rings is 2. The lowest BCUT2D eigenvalue weighted by Crippen LogP contribution is -2.45. The van der Waals surface area contributed by atoms with Crippen LogP contribution < -0.4 is 10.1 Å². The van der Waals surface area contributed by atoms with Crippen LogP contribution in [0, 0.1) is 17.8 Å². The lowest BCUT2D eigenvalue weighted by Gasteiger charge is -2.34. The number of nitrogens with one attached hydrogen (secondary N) is 1. The molecular weight excluding hydrogens is 530 g/mol. The molecule has 0 radical (unpaired) electrons. The van der Waals surface area contributed by atoms with Crippen LogP contribution in [0.5, 0.6) is 5.75 Å². The highest BCUT2D eigenvalue weighted by Crippen LogP contribution is 2.43. The normalized spacial score (nSPS) is 25.4. The molecule has 1 N–H and O–H groups in total. The molecule has 2 heterocycles. The largest absolute Gasteiger partial charge is 0.445 e. The zero-order chi connectivity index (χ0) is 27.4. The lowest BCUT2D eigenvalue weighted by atomic mass is 9.98. The standard InChI is InChI=1S/C28H34F2N2O6S/c29-27(30)38-23-6-8-24(9-7-23)39(34,35)26-25-15-22(14-21(25)16-31-26)32(17-19-10-12-36-13-11-19)28(33)37-18-20-4-2-1-3-5-20/h1-9,19,21-22,25-27,31H,10-18H2/t21-,22+,25+,26+/m1/s1. The molecule has 2 aliphatic heterocycles. The summed E-state index contributed by atoms with van der Waals surface area (Å²) in [7, 11) is -3.79. The van der Waals surface area contributed by atoms with Crippen LogP contribution in [-0.2, 0) is 25.9 Å². The highest BCUT2D eigenvalue weighted by atomic mass is 32.2. The maximum absolute atomic E-state index is 13.5. The van der Waals surface area contributed by atoms with Crippen molar-refractivity contribution in [1.29, 1.82) is 0 Å². The van der Waals surface area contributed by atoms with Gasteiger partial charge in [0.1, 0.15) is 17.7 Å². The minimum Gasteiger partial charge on any atom is -0.445 e. The number of fused-ring (bicyclic) bond motifs is 1. The molecule has 1 aliphatic carbocycles. The number of sulfone groups is 1. The van der Waals surface area contributed by atoms with Crippen LogP contribution in [0.3, 0.4) is 0 Å². The van der Waals surface area contributed by atoms with Crippen LogP contribution in [-0.4, -0.2) is 63.7 Å². The minimum atomic E-state index is -3.79. The number of hydrogen-bond acceptors (Lipinski definition) is 7. The van der Waals surface area contributed by atoms with Gasteiger partial charge in [0, 0.05) is 25.8 Å². The Bertz CT molecular complexity index is 1210. The number of carbonyl (C=O) groups is 1. The van der Waals surface area contributed by atoms with Gasteiger partial charge in [-0.15, -0.1) is 0 Å². The van der Waals surface area contributed by atoms with Gasteiger partial charge in [0.15, 0.2) is 9.84 Å². The van der Waals surface area contributed by atoms with Gasteiger partial charge in [0.2, 0.25) is 0 Å². The summed E-state index contributed by atoms with van der Waals surface area (Å²) in [6.45, 7) is -0.395. The minimum absolute atomic E-state index is 0.0482. The molecule has 2 aromatic rings. The molecule has 5 rings (SSSR count). The van der Waals surface area contributed by atoms with Crippen LogP contribution in [0.2, 0.25) is 0 Å². The van der Waals surface area contributed by atoms with Crippen LogP contribution in [0.4, 0.5) is 13.6 Å². The van der Waals surface area contributed by atoms with Crippen molar-refractivity contribution < 1.29 is 36.2 Å². The van der Waals surface area contributed by atoms with E-state index in [2.05, 4.69) is 10.1 Å². The first kappa shape index (κ1) is 27.8. The molecule has 212 valence electrons. The second-order valence-electron chi connectivity index (χ2n) is 10.5. The summed E-state index contributed by atoms with van der Waals surface area (Å²) in [5.74, 6) is 0.112. The SMILES string of the molecule is O=C(OCc1ccccc1)N(CC1CCOCC1)[C@H]1C[C@@H]2CN[C@@H](S(=O)(=O)c3ccc(OC(F)F)cc3)[C@H]2C1. The number of halogens is 2. The van der Waals surface area contributed by atoms with E-state index >= 15 is 0 Å². The highest BCUT2D eigenvalue weighted by molar-refractivity contribution is 7.92. The summed E-state index contributed by atoms with van der Waals surface area (Å²) < 4.78 is 67.6. The maximum atomic E-state index is 13.5. The van der Waals surface area contributed by atoms with Crippen molar-refractivity contribution >= 4 is 15.9 Å². The Labute approximate surface area is 227 Å². The summed E-state index contributed by atoms with van der Waals surface area (Å²) in [5, 5.41) is 2.35. The van der Waals surface area contributed by atoms with Crippen molar-refractivity contribution in [1.82, 2.24) is 10.2 Å². The van der Waals surface area contributed by atoms with E-state index in [1.54, 1.807) is 0 Å². The van der Waals surface area contributed by atoms with E-state index in [0.29, 0.717) is 45.1 Å². The fourth-order valence-corrected chi connectivity index (χ4v) is 8.00. The summed E-state index contributed by atoms with van der Waals surface area (Å²) in [6, 6.07) is 14.5. The Balaban J connectivity index is 1.29. The fourth-order valence-electron chi connectivity index (χ4n) is 6.09. The summed E-state index contributed by atoms with van der Waals surface area (Å²) in [5.41, 5.74) is 0.903. The summed E-state index contributed by atoms with van der Waals surface area (Å²) in [6.07, 6.45) is 2.58. The zero-order valence-electron chi connectivity index (χ0n) is 21.6. The third-order valence-corrected chi connectivity index (χ3v) is 10.2. The molecule has 0 spiro atoms. The Morgan fingerprint density at radius 3 is 2.46 bits per heavy atom. The van der Waals surface area contributed by atoms with E-state index in [9.17, 15) is 22.0 Å². The van der Waals surface area contributed by atoms with E-state index in [4.69, 9.17) is 9.47 Å². The molecule has 3 fully saturated rings. The average Bonchev–Trinajstić information content (AvgIpc) is 3.53. The topological polar surface area (TPSA) is 94.2 Å². The first-order valence-corrected chi connectivity index (χ1v) is 14.9. The smallest absolute Gasteiger partial charge is 0.410 e. The Morgan fingerprint density at radius 1 is 1.05 bits per heavy atom. The number of ether oxygens (including phenoxy) is 3. The third-order valence-electron chi connectivity index (χ3n) is 8.08. The van der Waals surface area contributed by atoms with Crippen molar-refractivity contribution in [2.45, 2.75) is 55.2 Å². The molecular formula is C28H34F2N2O6S. The monoisotopic (exact) mass is 564 g/mol. The van der Waals surface area contributed by atoms with Crippen LogP contribution in [0.25, 0.3) is 0 Å². The zero-order valence-corrected chi connectivity index (χ0v) is 22.4. The van der Waals surface area contributed by atoms with Crippen molar-refractivity contribution in [3.05, 3.63) is 60.2 Å². The van der Waals surface area contributed by atoms with Crippen molar-refractivity contribution in [2.24, 2.45) is 17.8 Å². The number of nitrogens with zero attached hydrogens (tertiary/aromatic N) is 1. The Hall–Kier alpha value is -2.76. The molecule has 39 heavy (non-hydrogen) atoms.